The maximum absolute atomic E-state index is 5.71. The highest BCUT2D eigenvalue weighted by Gasteiger charge is 2.28. The summed E-state index contributed by atoms with van der Waals surface area (Å²) in [4.78, 5) is 0. The molecule has 1 aromatic rings. The lowest BCUT2D eigenvalue weighted by Gasteiger charge is -2.34. The molecule has 1 aliphatic rings. The van der Waals surface area contributed by atoms with Crippen LogP contribution in [-0.4, -0.2) is 16.2 Å². The lowest BCUT2D eigenvalue weighted by molar-refractivity contribution is 0.250. The Morgan fingerprint density at radius 2 is 1.94 bits per heavy atom. The van der Waals surface area contributed by atoms with Crippen LogP contribution in [0.15, 0.2) is 4.42 Å². The molecule has 3 atom stereocenters. The third-order valence-electron chi connectivity index (χ3n) is 3.81. The average molecular weight is 252 g/mol. The number of anilines is 1. The van der Waals surface area contributed by atoms with Crippen LogP contribution in [0.4, 0.5) is 6.01 Å². The summed E-state index contributed by atoms with van der Waals surface area (Å²) in [5.41, 5.74) is 5.71. The van der Waals surface area contributed by atoms with E-state index in [2.05, 4.69) is 29.4 Å². The molecule has 1 aromatic heterocycles. The summed E-state index contributed by atoms with van der Waals surface area (Å²) in [5, 5.41) is 11.4. The van der Waals surface area contributed by atoms with Crippen LogP contribution in [0.5, 0.6) is 0 Å². The molecule has 0 radical (unpaired) electrons. The number of aromatic nitrogens is 2. The Balaban J connectivity index is 2.01. The fourth-order valence-electron chi connectivity index (χ4n) is 2.77. The van der Waals surface area contributed by atoms with Crippen LogP contribution in [0.1, 0.15) is 58.4 Å². The molecule has 18 heavy (non-hydrogen) atoms. The number of rotatable bonds is 4. The smallest absolute Gasteiger partial charge is 0.315 e. The minimum absolute atomic E-state index is 0.208. The molecule has 0 amide bonds. The van der Waals surface area contributed by atoms with Crippen molar-refractivity contribution in [2.45, 2.75) is 58.5 Å². The summed E-state index contributed by atoms with van der Waals surface area (Å²) >= 11 is 0. The average Bonchev–Trinajstić information content (AvgIpc) is 2.78. The Labute approximate surface area is 109 Å². The van der Waals surface area contributed by atoms with Gasteiger partial charge in [0.2, 0.25) is 5.89 Å². The molecule has 0 aliphatic heterocycles. The monoisotopic (exact) mass is 252 g/mol. The van der Waals surface area contributed by atoms with Gasteiger partial charge in [0, 0.05) is 6.04 Å². The molecule has 1 fully saturated rings. The Kier molecular flexibility index (Phi) is 4.22. The molecule has 1 saturated carbocycles. The number of nitrogens with two attached hydrogens (primary N) is 1. The first-order chi connectivity index (χ1) is 8.58. The largest absolute Gasteiger partial charge is 0.406 e. The molecule has 2 rings (SSSR count). The van der Waals surface area contributed by atoms with Gasteiger partial charge in [0.15, 0.2) is 0 Å². The van der Waals surface area contributed by atoms with E-state index in [0.29, 0.717) is 29.8 Å². The van der Waals surface area contributed by atoms with E-state index in [4.69, 9.17) is 10.2 Å². The Morgan fingerprint density at radius 1 is 1.22 bits per heavy atom. The molecule has 5 nitrogen and oxygen atoms in total. The molecule has 0 spiro atoms. The van der Waals surface area contributed by atoms with Gasteiger partial charge in [-0.3, -0.25) is 0 Å². The molecule has 0 bridgehead atoms. The number of nitrogens with zero attached hydrogens (tertiary/aromatic N) is 2. The van der Waals surface area contributed by atoms with Gasteiger partial charge in [0.25, 0.3) is 0 Å². The first-order valence-corrected chi connectivity index (χ1v) is 6.93. The van der Waals surface area contributed by atoms with Crippen molar-refractivity contribution in [1.29, 1.82) is 0 Å². The lowest BCUT2D eigenvalue weighted by Crippen LogP contribution is -2.35. The quantitative estimate of drug-likeness (QED) is 0.861. The molecular formula is C13H24N4O. The fraction of sp³-hybridized carbons (Fsp3) is 0.846. The van der Waals surface area contributed by atoms with Crippen LogP contribution in [0.3, 0.4) is 0 Å². The van der Waals surface area contributed by atoms with E-state index in [9.17, 15) is 0 Å². The van der Waals surface area contributed by atoms with Crippen LogP contribution in [-0.2, 0) is 0 Å². The van der Waals surface area contributed by atoms with Crippen LogP contribution in [0.2, 0.25) is 0 Å². The summed E-state index contributed by atoms with van der Waals surface area (Å²) in [6.45, 7) is 6.41. The van der Waals surface area contributed by atoms with E-state index in [0.717, 1.165) is 0 Å². The van der Waals surface area contributed by atoms with E-state index in [1.165, 1.54) is 25.7 Å². The first kappa shape index (κ1) is 13.3. The maximum atomic E-state index is 5.71. The Morgan fingerprint density at radius 3 is 2.56 bits per heavy atom. The Hall–Kier alpha value is -1.10. The third kappa shape index (κ3) is 3.02. The van der Waals surface area contributed by atoms with E-state index in [-0.39, 0.29) is 6.04 Å². The van der Waals surface area contributed by atoms with Crippen molar-refractivity contribution in [3.8, 4) is 0 Å². The predicted octanol–water partition coefficient (Wildman–Crippen LogP) is 2.72. The highest BCUT2D eigenvalue weighted by atomic mass is 16.4. The Bertz CT molecular complexity index is 375. The van der Waals surface area contributed by atoms with Gasteiger partial charge in [-0.1, -0.05) is 31.8 Å². The van der Waals surface area contributed by atoms with E-state index < -0.39 is 0 Å². The highest BCUT2D eigenvalue weighted by Crippen LogP contribution is 2.32. The summed E-state index contributed by atoms with van der Waals surface area (Å²) < 4.78 is 5.52. The second-order valence-electron chi connectivity index (χ2n) is 5.68. The molecule has 1 heterocycles. The maximum Gasteiger partial charge on any atom is 0.315 e. The van der Waals surface area contributed by atoms with Gasteiger partial charge in [0.05, 0.1) is 6.04 Å². The van der Waals surface area contributed by atoms with Crippen LogP contribution < -0.4 is 11.1 Å². The first-order valence-electron chi connectivity index (χ1n) is 6.93. The molecule has 0 aromatic carbocycles. The second kappa shape index (κ2) is 5.69. The van der Waals surface area contributed by atoms with Crippen molar-refractivity contribution >= 4 is 6.01 Å². The van der Waals surface area contributed by atoms with Gasteiger partial charge in [-0.05, 0) is 31.6 Å². The minimum Gasteiger partial charge on any atom is -0.406 e. The van der Waals surface area contributed by atoms with Gasteiger partial charge in [-0.2, -0.15) is 0 Å². The van der Waals surface area contributed by atoms with Crippen molar-refractivity contribution in [2.75, 3.05) is 5.32 Å². The van der Waals surface area contributed by atoms with Crippen LogP contribution >= 0.6 is 0 Å². The van der Waals surface area contributed by atoms with Gasteiger partial charge in [-0.25, -0.2) is 0 Å². The number of nitrogens with one attached hydrogen (secondary N) is 1. The van der Waals surface area contributed by atoms with Gasteiger partial charge >= 0.3 is 6.01 Å². The third-order valence-corrected chi connectivity index (χ3v) is 3.81. The molecule has 3 unspecified atom stereocenters. The van der Waals surface area contributed by atoms with E-state index in [1.54, 1.807) is 0 Å². The SMILES string of the molecule is CC(N)c1nnc(NC2CCCCC2C(C)C)o1. The molecule has 1 aliphatic carbocycles. The molecule has 0 saturated heterocycles. The van der Waals surface area contributed by atoms with E-state index in [1.807, 2.05) is 6.92 Å². The second-order valence-corrected chi connectivity index (χ2v) is 5.68. The normalized spacial score (nSPS) is 26.3. The van der Waals surface area contributed by atoms with Crippen molar-refractivity contribution in [2.24, 2.45) is 17.6 Å². The lowest BCUT2D eigenvalue weighted by atomic mass is 9.78. The van der Waals surface area contributed by atoms with Gasteiger partial charge in [0.1, 0.15) is 0 Å². The zero-order chi connectivity index (χ0) is 13.1. The van der Waals surface area contributed by atoms with Crippen LogP contribution in [0.25, 0.3) is 0 Å². The summed E-state index contributed by atoms with van der Waals surface area (Å²) in [7, 11) is 0. The minimum atomic E-state index is -0.208. The molecular weight excluding hydrogens is 228 g/mol. The van der Waals surface area contributed by atoms with Crippen molar-refractivity contribution in [3.63, 3.8) is 0 Å². The summed E-state index contributed by atoms with van der Waals surface area (Å²) in [6, 6.07) is 0.750. The molecule has 3 N–H and O–H groups in total. The number of hydrogen-bond donors (Lipinski definition) is 2. The van der Waals surface area contributed by atoms with Crippen molar-refractivity contribution in [1.82, 2.24) is 10.2 Å². The predicted molar refractivity (Wildman–Crippen MR) is 71.1 cm³/mol. The number of hydrogen-bond acceptors (Lipinski definition) is 5. The van der Waals surface area contributed by atoms with Crippen LogP contribution in [0, 0.1) is 11.8 Å². The zero-order valence-corrected chi connectivity index (χ0v) is 11.5. The zero-order valence-electron chi connectivity index (χ0n) is 11.5. The standard InChI is InChI=1S/C13H24N4O/c1-8(2)10-6-4-5-7-11(10)15-13-17-16-12(18-13)9(3)14/h8-11H,4-7,14H2,1-3H3,(H,15,17). The molecule has 102 valence electrons. The van der Waals surface area contributed by atoms with Crippen molar-refractivity contribution in [3.05, 3.63) is 5.89 Å². The summed E-state index contributed by atoms with van der Waals surface area (Å²) in [5.74, 6) is 1.86. The molecule has 5 heteroatoms. The summed E-state index contributed by atoms with van der Waals surface area (Å²) in [6.07, 6.45) is 5.06. The van der Waals surface area contributed by atoms with E-state index >= 15 is 0 Å². The highest BCUT2D eigenvalue weighted by molar-refractivity contribution is 5.21. The fourth-order valence-corrected chi connectivity index (χ4v) is 2.77. The topological polar surface area (TPSA) is 77.0 Å². The van der Waals surface area contributed by atoms with Crippen molar-refractivity contribution < 1.29 is 4.42 Å². The van der Waals surface area contributed by atoms with Gasteiger partial charge < -0.3 is 15.5 Å². The van der Waals surface area contributed by atoms with Gasteiger partial charge in [-0.15, -0.1) is 5.10 Å².